The maximum absolute atomic E-state index is 12.5. The number of unbranched alkanes of at least 4 members (excludes halogenated alkanes) is 7. The van der Waals surface area contributed by atoms with E-state index in [1.807, 2.05) is 0 Å². The molecule has 0 bridgehead atoms. The van der Waals surface area contributed by atoms with E-state index in [1.54, 1.807) is 6.92 Å². The van der Waals surface area contributed by atoms with Crippen molar-refractivity contribution in [1.82, 2.24) is 0 Å². The summed E-state index contributed by atoms with van der Waals surface area (Å²) in [7, 11) is 0. The van der Waals surface area contributed by atoms with Crippen molar-refractivity contribution in [3.8, 4) is 0 Å². The maximum Gasteiger partial charge on any atom is 0.310 e. The van der Waals surface area contributed by atoms with E-state index in [-0.39, 0.29) is 17.8 Å². The van der Waals surface area contributed by atoms with Crippen molar-refractivity contribution >= 4 is 11.9 Å². The molecule has 0 radical (unpaired) electrons. The van der Waals surface area contributed by atoms with Gasteiger partial charge in [-0.15, -0.1) is 0 Å². The molecule has 2 N–H and O–H groups in total. The predicted octanol–water partition coefficient (Wildman–Crippen LogP) is 7.41. The molecule has 0 aliphatic carbocycles. The summed E-state index contributed by atoms with van der Waals surface area (Å²) in [6.45, 7) is 12.5. The molecule has 0 aliphatic heterocycles. The molecule has 0 aromatic carbocycles. The summed E-state index contributed by atoms with van der Waals surface area (Å²) in [4.78, 5) is 23.5. The van der Waals surface area contributed by atoms with Crippen LogP contribution >= 0.6 is 0 Å². The van der Waals surface area contributed by atoms with Crippen molar-refractivity contribution in [3.63, 3.8) is 0 Å². The SMILES string of the molecule is CCCCCCCC(C(=O)O)(C(C)C)C(CCCCCCC(C)C(=O)O)C(C)C. The third-order valence-electron chi connectivity index (χ3n) is 6.91. The molecular weight excluding hydrogens is 364 g/mol. The Morgan fingerprint density at radius 1 is 0.759 bits per heavy atom. The van der Waals surface area contributed by atoms with E-state index in [0.29, 0.717) is 5.92 Å². The summed E-state index contributed by atoms with van der Waals surface area (Å²) in [6.07, 6.45) is 12.3. The van der Waals surface area contributed by atoms with Crippen LogP contribution < -0.4 is 0 Å². The van der Waals surface area contributed by atoms with Crippen molar-refractivity contribution in [3.05, 3.63) is 0 Å². The summed E-state index contributed by atoms with van der Waals surface area (Å²) in [6, 6.07) is 0. The molecule has 0 aliphatic rings. The molecule has 172 valence electrons. The molecular formula is C25H48O4. The lowest BCUT2D eigenvalue weighted by molar-refractivity contribution is -0.160. The first-order chi connectivity index (χ1) is 13.6. The Bertz CT molecular complexity index is 458. The van der Waals surface area contributed by atoms with E-state index in [9.17, 15) is 14.7 Å². The lowest BCUT2D eigenvalue weighted by Gasteiger charge is -2.43. The van der Waals surface area contributed by atoms with Gasteiger partial charge >= 0.3 is 11.9 Å². The van der Waals surface area contributed by atoms with Gasteiger partial charge in [0.1, 0.15) is 0 Å². The van der Waals surface area contributed by atoms with Crippen LogP contribution in [0.5, 0.6) is 0 Å². The summed E-state index contributed by atoms with van der Waals surface area (Å²) >= 11 is 0. The number of aliphatic carboxylic acids is 2. The molecule has 4 heteroatoms. The average molecular weight is 413 g/mol. The number of carboxylic acid groups (broad SMARTS) is 2. The van der Waals surface area contributed by atoms with Crippen LogP contribution in [0.15, 0.2) is 0 Å². The van der Waals surface area contributed by atoms with Gasteiger partial charge in [-0.3, -0.25) is 9.59 Å². The minimum Gasteiger partial charge on any atom is -0.481 e. The van der Waals surface area contributed by atoms with Crippen molar-refractivity contribution in [2.24, 2.45) is 29.1 Å². The van der Waals surface area contributed by atoms with E-state index in [1.165, 1.54) is 19.3 Å². The summed E-state index contributed by atoms with van der Waals surface area (Å²) < 4.78 is 0. The molecule has 4 nitrogen and oxygen atoms in total. The fourth-order valence-electron chi connectivity index (χ4n) is 4.91. The predicted molar refractivity (Wildman–Crippen MR) is 121 cm³/mol. The van der Waals surface area contributed by atoms with Gasteiger partial charge in [0.2, 0.25) is 0 Å². The van der Waals surface area contributed by atoms with Gasteiger partial charge in [-0.25, -0.2) is 0 Å². The highest BCUT2D eigenvalue weighted by atomic mass is 16.4. The second-order valence-corrected chi connectivity index (χ2v) is 9.75. The molecule has 0 saturated heterocycles. The average Bonchev–Trinajstić information content (AvgIpc) is 2.63. The minimum absolute atomic E-state index is 0.120. The molecule has 0 saturated carbocycles. The van der Waals surface area contributed by atoms with Gasteiger partial charge in [-0.2, -0.15) is 0 Å². The molecule has 3 atom stereocenters. The van der Waals surface area contributed by atoms with Crippen LogP contribution in [0.3, 0.4) is 0 Å². The van der Waals surface area contributed by atoms with E-state index in [0.717, 1.165) is 57.8 Å². The number of carboxylic acids is 2. The van der Waals surface area contributed by atoms with Crippen LogP contribution in [0.1, 0.15) is 119 Å². The zero-order valence-electron chi connectivity index (χ0n) is 20.0. The zero-order chi connectivity index (χ0) is 22.4. The highest BCUT2D eigenvalue weighted by Crippen LogP contribution is 2.47. The third kappa shape index (κ3) is 9.53. The first-order valence-corrected chi connectivity index (χ1v) is 12.1. The van der Waals surface area contributed by atoms with Gasteiger partial charge in [-0.1, -0.05) is 99.3 Å². The Balaban J connectivity index is 4.88. The summed E-state index contributed by atoms with van der Waals surface area (Å²) in [5, 5.41) is 19.3. The Labute approximate surface area is 179 Å². The molecule has 0 amide bonds. The van der Waals surface area contributed by atoms with Crippen LogP contribution in [0.2, 0.25) is 0 Å². The number of hydrogen-bond donors (Lipinski definition) is 2. The van der Waals surface area contributed by atoms with Gasteiger partial charge in [0.25, 0.3) is 0 Å². The Hall–Kier alpha value is -1.06. The number of hydrogen-bond acceptors (Lipinski definition) is 2. The number of rotatable bonds is 18. The highest BCUT2D eigenvalue weighted by Gasteiger charge is 2.48. The standard InChI is InChI=1S/C25H48O4/c1-7-8-9-12-15-18-25(20(4)5,24(28)29)22(19(2)3)17-14-11-10-13-16-21(6)23(26)27/h19-22H,7-18H2,1-6H3,(H,26,27)(H,28,29). The van der Waals surface area contributed by atoms with Crippen molar-refractivity contribution < 1.29 is 19.8 Å². The van der Waals surface area contributed by atoms with E-state index < -0.39 is 17.4 Å². The lowest BCUT2D eigenvalue weighted by atomic mass is 9.60. The first kappa shape index (κ1) is 27.9. The van der Waals surface area contributed by atoms with Crippen LogP contribution in [-0.4, -0.2) is 22.2 Å². The van der Waals surface area contributed by atoms with E-state index >= 15 is 0 Å². The van der Waals surface area contributed by atoms with E-state index in [4.69, 9.17) is 5.11 Å². The second kappa shape index (κ2) is 14.8. The van der Waals surface area contributed by atoms with E-state index in [2.05, 4.69) is 34.6 Å². The van der Waals surface area contributed by atoms with Crippen LogP contribution in [0, 0.1) is 29.1 Å². The topological polar surface area (TPSA) is 74.6 Å². The van der Waals surface area contributed by atoms with Gasteiger partial charge in [0.15, 0.2) is 0 Å². The molecule has 0 spiro atoms. The molecule has 0 fully saturated rings. The molecule has 0 aromatic heterocycles. The monoisotopic (exact) mass is 412 g/mol. The normalized spacial score (nSPS) is 16.0. The first-order valence-electron chi connectivity index (χ1n) is 12.1. The van der Waals surface area contributed by atoms with Crippen molar-refractivity contribution in [2.45, 2.75) is 119 Å². The molecule has 0 heterocycles. The second-order valence-electron chi connectivity index (χ2n) is 9.75. The molecule has 0 rings (SSSR count). The summed E-state index contributed by atoms with van der Waals surface area (Å²) in [5.74, 6) is -0.953. The molecule has 29 heavy (non-hydrogen) atoms. The Morgan fingerprint density at radius 2 is 1.28 bits per heavy atom. The Kier molecular flexibility index (Phi) is 14.3. The quantitative estimate of drug-likeness (QED) is 0.230. The van der Waals surface area contributed by atoms with Gasteiger partial charge in [-0.05, 0) is 37.0 Å². The van der Waals surface area contributed by atoms with Gasteiger partial charge in [0, 0.05) is 0 Å². The van der Waals surface area contributed by atoms with Gasteiger partial charge < -0.3 is 10.2 Å². The van der Waals surface area contributed by atoms with Crippen LogP contribution in [0.25, 0.3) is 0 Å². The smallest absolute Gasteiger partial charge is 0.310 e. The third-order valence-corrected chi connectivity index (χ3v) is 6.91. The van der Waals surface area contributed by atoms with Crippen molar-refractivity contribution in [1.29, 1.82) is 0 Å². The molecule has 3 unspecified atom stereocenters. The van der Waals surface area contributed by atoms with Crippen molar-refractivity contribution in [2.75, 3.05) is 0 Å². The fourth-order valence-corrected chi connectivity index (χ4v) is 4.91. The van der Waals surface area contributed by atoms with Gasteiger partial charge in [0.05, 0.1) is 11.3 Å². The maximum atomic E-state index is 12.5. The molecule has 0 aromatic rings. The van der Waals surface area contributed by atoms with Crippen LogP contribution in [0.4, 0.5) is 0 Å². The zero-order valence-corrected chi connectivity index (χ0v) is 20.0. The summed E-state index contributed by atoms with van der Waals surface area (Å²) in [5.41, 5.74) is -0.641. The fraction of sp³-hybridized carbons (Fsp3) is 0.920. The van der Waals surface area contributed by atoms with Crippen LogP contribution in [-0.2, 0) is 9.59 Å². The minimum atomic E-state index is -0.716. The Morgan fingerprint density at radius 3 is 1.72 bits per heavy atom. The lowest BCUT2D eigenvalue weighted by Crippen LogP contribution is -2.45. The highest BCUT2D eigenvalue weighted by molar-refractivity contribution is 5.75. The number of carbonyl (C=O) groups is 2. The largest absolute Gasteiger partial charge is 0.481 e.